The summed E-state index contributed by atoms with van der Waals surface area (Å²) in [5, 5.41) is 2.95. The van der Waals surface area contributed by atoms with Crippen LogP contribution in [0.2, 0.25) is 18.1 Å². The van der Waals surface area contributed by atoms with Crippen molar-refractivity contribution in [3.05, 3.63) is 12.2 Å². The van der Waals surface area contributed by atoms with Crippen LogP contribution in [0.4, 0.5) is 4.79 Å². The van der Waals surface area contributed by atoms with E-state index in [1.165, 1.54) is 6.08 Å². The highest BCUT2D eigenvalue weighted by Crippen LogP contribution is 2.38. The first-order valence-electron chi connectivity index (χ1n) is 10.1. The van der Waals surface area contributed by atoms with Crippen LogP contribution in [-0.4, -0.2) is 44.7 Å². The second-order valence-electron chi connectivity index (χ2n) is 9.58. The number of nitrogens with one attached hydrogen (secondary N) is 1. The fraction of sp³-hybridized carbons (Fsp3) is 0.810. The van der Waals surface area contributed by atoms with Crippen molar-refractivity contribution in [2.75, 3.05) is 6.61 Å². The standard InChI is InChI=1S/C21H41NO5Si/c1-11-25-18(23)15-13-12-14-17(27-28(9,10)21(6,7)8)16(2)22-19(24)26-20(3,4)5/h13,15-17H,11-12,14H2,1-10H3,(H,22,24)/b15-13+/t16-,17-/m0/s1. The lowest BCUT2D eigenvalue weighted by atomic mass is 10.1. The first kappa shape index (κ1) is 26.7. The maximum atomic E-state index is 12.2. The van der Waals surface area contributed by atoms with Crippen LogP contribution in [0.1, 0.15) is 68.2 Å². The zero-order valence-corrected chi connectivity index (χ0v) is 20.5. The van der Waals surface area contributed by atoms with E-state index >= 15 is 0 Å². The Morgan fingerprint density at radius 2 is 1.68 bits per heavy atom. The third kappa shape index (κ3) is 10.9. The molecule has 0 aromatic carbocycles. The van der Waals surface area contributed by atoms with E-state index in [0.29, 0.717) is 19.4 Å². The number of hydrogen-bond acceptors (Lipinski definition) is 5. The van der Waals surface area contributed by atoms with Gasteiger partial charge in [0.15, 0.2) is 8.32 Å². The number of ether oxygens (including phenoxy) is 2. The number of hydrogen-bond donors (Lipinski definition) is 1. The van der Waals surface area contributed by atoms with Crippen LogP contribution in [0.25, 0.3) is 0 Å². The Balaban J connectivity index is 5.11. The summed E-state index contributed by atoms with van der Waals surface area (Å²) in [4.78, 5) is 23.6. The quantitative estimate of drug-likeness (QED) is 0.319. The van der Waals surface area contributed by atoms with Gasteiger partial charge in [-0.2, -0.15) is 0 Å². The van der Waals surface area contributed by atoms with E-state index in [4.69, 9.17) is 13.9 Å². The topological polar surface area (TPSA) is 73.9 Å². The Kier molecular flexibility index (Phi) is 10.5. The van der Waals surface area contributed by atoms with E-state index in [9.17, 15) is 9.59 Å². The summed E-state index contributed by atoms with van der Waals surface area (Å²) >= 11 is 0. The molecule has 0 unspecified atom stereocenters. The molecule has 0 radical (unpaired) electrons. The van der Waals surface area contributed by atoms with E-state index in [-0.39, 0.29) is 23.2 Å². The minimum Gasteiger partial charge on any atom is -0.463 e. The SMILES string of the molecule is CCOC(=O)/C=C/CC[C@H](O[Si](C)(C)C(C)(C)C)[C@H](C)NC(=O)OC(C)(C)C. The van der Waals surface area contributed by atoms with Crippen LogP contribution >= 0.6 is 0 Å². The number of carbonyl (C=O) groups is 2. The van der Waals surface area contributed by atoms with Crippen molar-refractivity contribution in [1.29, 1.82) is 0 Å². The van der Waals surface area contributed by atoms with E-state index in [2.05, 4.69) is 39.2 Å². The molecule has 7 heteroatoms. The predicted molar refractivity (Wildman–Crippen MR) is 116 cm³/mol. The van der Waals surface area contributed by atoms with Crippen molar-refractivity contribution in [1.82, 2.24) is 5.32 Å². The van der Waals surface area contributed by atoms with Gasteiger partial charge in [0.2, 0.25) is 0 Å². The Bertz CT molecular complexity index is 532. The van der Waals surface area contributed by atoms with Crippen molar-refractivity contribution >= 4 is 20.4 Å². The fourth-order valence-corrected chi connectivity index (χ4v) is 3.62. The minimum absolute atomic E-state index is 0.0532. The third-order valence-corrected chi connectivity index (χ3v) is 9.22. The molecular formula is C21H41NO5Si. The molecule has 6 nitrogen and oxygen atoms in total. The molecule has 0 spiro atoms. The van der Waals surface area contributed by atoms with Crippen molar-refractivity contribution in [3.63, 3.8) is 0 Å². The lowest BCUT2D eigenvalue weighted by Crippen LogP contribution is -2.51. The van der Waals surface area contributed by atoms with Crippen molar-refractivity contribution < 1.29 is 23.5 Å². The summed E-state index contributed by atoms with van der Waals surface area (Å²) in [6, 6.07) is -0.222. The molecule has 0 rings (SSSR count). The molecule has 2 atom stereocenters. The highest BCUT2D eigenvalue weighted by atomic mass is 28.4. The van der Waals surface area contributed by atoms with E-state index < -0.39 is 20.0 Å². The molecule has 0 aliphatic carbocycles. The largest absolute Gasteiger partial charge is 0.463 e. The van der Waals surface area contributed by atoms with Gasteiger partial charge < -0.3 is 19.2 Å². The van der Waals surface area contributed by atoms with Gasteiger partial charge >= 0.3 is 12.1 Å². The van der Waals surface area contributed by atoms with Crippen LogP contribution in [0.5, 0.6) is 0 Å². The molecule has 0 aliphatic rings. The van der Waals surface area contributed by atoms with Gasteiger partial charge in [-0.05, 0) is 65.6 Å². The van der Waals surface area contributed by atoms with Crippen LogP contribution in [0.15, 0.2) is 12.2 Å². The third-order valence-electron chi connectivity index (χ3n) is 4.71. The zero-order valence-electron chi connectivity index (χ0n) is 19.5. The number of rotatable bonds is 9. The molecule has 1 N–H and O–H groups in total. The van der Waals surface area contributed by atoms with Gasteiger partial charge in [-0.15, -0.1) is 0 Å². The highest BCUT2D eigenvalue weighted by molar-refractivity contribution is 6.74. The number of amides is 1. The second kappa shape index (κ2) is 11.0. The van der Waals surface area contributed by atoms with Crippen LogP contribution in [0.3, 0.4) is 0 Å². The first-order chi connectivity index (χ1) is 12.6. The van der Waals surface area contributed by atoms with Crippen LogP contribution in [0, 0.1) is 0 Å². The molecule has 0 aromatic rings. The molecule has 28 heavy (non-hydrogen) atoms. The molecular weight excluding hydrogens is 374 g/mol. The van der Waals surface area contributed by atoms with Gasteiger partial charge in [-0.3, -0.25) is 0 Å². The fourth-order valence-electron chi connectivity index (χ4n) is 2.18. The van der Waals surface area contributed by atoms with Gasteiger partial charge in [0.25, 0.3) is 0 Å². The predicted octanol–water partition coefficient (Wildman–Crippen LogP) is 5.19. The normalized spacial score (nSPS) is 15.2. The van der Waals surface area contributed by atoms with Gasteiger partial charge in [0.1, 0.15) is 5.60 Å². The van der Waals surface area contributed by atoms with Crippen molar-refractivity contribution in [2.24, 2.45) is 0 Å². The zero-order chi connectivity index (χ0) is 22.2. The summed E-state index contributed by atoms with van der Waals surface area (Å²) in [5.41, 5.74) is -0.554. The number of carbonyl (C=O) groups excluding carboxylic acids is 2. The van der Waals surface area contributed by atoms with Crippen molar-refractivity contribution in [2.45, 2.75) is 104 Å². The summed E-state index contributed by atoms with van der Waals surface area (Å²) in [7, 11) is -2.03. The Morgan fingerprint density at radius 3 is 2.14 bits per heavy atom. The number of esters is 1. The average molecular weight is 416 g/mol. The number of allylic oxidation sites excluding steroid dienone is 1. The monoisotopic (exact) mass is 415 g/mol. The first-order valence-corrected chi connectivity index (χ1v) is 13.0. The van der Waals surface area contributed by atoms with Gasteiger partial charge in [0.05, 0.1) is 18.8 Å². The molecule has 0 aromatic heterocycles. The van der Waals surface area contributed by atoms with Gasteiger partial charge in [-0.25, -0.2) is 9.59 Å². The summed E-state index contributed by atoms with van der Waals surface area (Å²) in [6.45, 7) is 20.5. The Morgan fingerprint density at radius 1 is 1.11 bits per heavy atom. The van der Waals surface area contributed by atoms with E-state index in [0.717, 1.165) is 0 Å². The summed E-state index contributed by atoms with van der Waals surface area (Å²) < 4.78 is 16.8. The van der Waals surface area contributed by atoms with E-state index in [1.807, 2.05) is 27.7 Å². The molecule has 0 bridgehead atoms. The Hall–Kier alpha value is -1.34. The summed E-state index contributed by atoms with van der Waals surface area (Å²) in [6.07, 6.45) is 3.93. The second-order valence-corrected chi connectivity index (χ2v) is 14.3. The van der Waals surface area contributed by atoms with Crippen LogP contribution in [-0.2, 0) is 18.7 Å². The smallest absolute Gasteiger partial charge is 0.407 e. The minimum atomic E-state index is -2.03. The van der Waals surface area contributed by atoms with Gasteiger partial charge in [0, 0.05) is 6.08 Å². The molecule has 0 saturated carbocycles. The highest BCUT2D eigenvalue weighted by Gasteiger charge is 2.40. The molecule has 0 fully saturated rings. The Labute approximate surface area is 172 Å². The molecule has 0 heterocycles. The maximum Gasteiger partial charge on any atom is 0.407 e. The average Bonchev–Trinajstić information content (AvgIpc) is 2.47. The number of alkyl carbamates (subject to hydrolysis) is 1. The molecule has 0 aliphatic heterocycles. The van der Waals surface area contributed by atoms with Crippen LogP contribution < -0.4 is 5.32 Å². The molecule has 164 valence electrons. The van der Waals surface area contributed by atoms with E-state index in [1.54, 1.807) is 13.0 Å². The lowest BCUT2D eigenvalue weighted by molar-refractivity contribution is -0.137. The molecule has 0 saturated heterocycles. The maximum absolute atomic E-state index is 12.2. The molecule has 1 amide bonds. The van der Waals surface area contributed by atoms with Crippen molar-refractivity contribution in [3.8, 4) is 0 Å². The lowest BCUT2D eigenvalue weighted by Gasteiger charge is -2.41. The van der Waals surface area contributed by atoms with Gasteiger partial charge in [-0.1, -0.05) is 26.8 Å². The summed E-state index contributed by atoms with van der Waals surface area (Å²) in [5.74, 6) is -0.343.